The summed E-state index contributed by atoms with van der Waals surface area (Å²) in [6.07, 6.45) is 1.48. The van der Waals surface area contributed by atoms with Gasteiger partial charge in [-0.2, -0.15) is 5.10 Å². The van der Waals surface area contributed by atoms with Crippen LogP contribution < -0.4 is 0 Å². The molecule has 0 saturated carbocycles. The van der Waals surface area contributed by atoms with E-state index in [1.807, 2.05) is 14.0 Å². The molecule has 14 heavy (non-hydrogen) atoms. The molecule has 1 amide bonds. The highest BCUT2D eigenvalue weighted by atomic mass is 32.2. The summed E-state index contributed by atoms with van der Waals surface area (Å²) in [5, 5.41) is 4.56. The molecule has 0 aliphatic heterocycles. The summed E-state index contributed by atoms with van der Waals surface area (Å²) in [5.41, 5.74) is 0. The Kier molecular flexibility index (Phi) is 3.51. The minimum absolute atomic E-state index is 0.0815. The van der Waals surface area contributed by atoms with Crippen molar-refractivity contribution in [1.29, 1.82) is 0 Å². The van der Waals surface area contributed by atoms with Crippen LogP contribution in [-0.2, 0) is 11.8 Å². The summed E-state index contributed by atoms with van der Waals surface area (Å²) in [6, 6.07) is 0. The SMILES string of the molecule is CC(Sc1ncnn1C)C(=O)N(C)C. The molecule has 5 nitrogen and oxygen atoms in total. The van der Waals surface area contributed by atoms with Gasteiger partial charge in [0.1, 0.15) is 6.33 Å². The minimum Gasteiger partial charge on any atom is -0.348 e. The van der Waals surface area contributed by atoms with Crippen molar-refractivity contribution in [2.45, 2.75) is 17.3 Å². The first-order chi connectivity index (χ1) is 6.52. The van der Waals surface area contributed by atoms with Crippen molar-refractivity contribution in [3.05, 3.63) is 6.33 Å². The maximum Gasteiger partial charge on any atom is 0.235 e. The van der Waals surface area contributed by atoms with Gasteiger partial charge in [-0.1, -0.05) is 11.8 Å². The van der Waals surface area contributed by atoms with Crippen LogP contribution >= 0.6 is 11.8 Å². The average molecular weight is 214 g/mol. The Morgan fingerprint density at radius 1 is 1.64 bits per heavy atom. The Hall–Kier alpha value is -1.04. The second-order valence-electron chi connectivity index (χ2n) is 3.16. The predicted octanol–water partition coefficient (Wildman–Crippen LogP) is 0.384. The topological polar surface area (TPSA) is 51.0 Å². The van der Waals surface area contributed by atoms with Gasteiger partial charge in [-0.25, -0.2) is 9.67 Å². The van der Waals surface area contributed by atoms with Crippen LogP contribution in [0.1, 0.15) is 6.92 Å². The molecule has 1 atom stereocenters. The summed E-state index contributed by atoms with van der Waals surface area (Å²) in [5.74, 6) is 0.0815. The number of nitrogens with zero attached hydrogens (tertiary/aromatic N) is 4. The molecule has 0 aliphatic rings. The van der Waals surface area contributed by atoms with Crippen molar-refractivity contribution in [2.24, 2.45) is 7.05 Å². The van der Waals surface area contributed by atoms with Gasteiger partial charge in [0, 0.05) is 21.1 Å². The van der Waals surface area contributed by atoms with Crippen molar-refractivity contribution in [3.63, 3.8) is 0 Å². The molecule has 1 aromatic rings. The van der Waals surface area contributed by atoms with Gasteiger partial charge in [0.05, 0.1) is 5.25 Å². The lowest BCUT2D eigenvalue weighted by Gasteiger charge is -2.15. The molecule has 0 aliphatic carbocycles. The van der Waals surface area contributed by atoms with Gasteiger partial charge < -0.3 is 4.90 Å². The molecule has 0 aromatic carbocycles. The van der Waals surface area contributed by atoms with Crippen molar-refractivity contribution in [1.82, 2.24) is 19.7 Å². The van der Waals surface area contributed by atoms with Crippen LogP contribution in [0.4, 0.5) is 0 Å². The zero-order valence-corrected chi connectivity index (χ0v) is 9.58. The van der Waals surface area contributed by atoms with Crippen molar-refractivity contribution < 1.29 is 4.79 Å². The number of aromatic nitrogens is 3. The van der Waals surface area contributed by atoms with Crippen LogP contribution in [0, 0.1) is 0 Å². The summed E-state index contributed by atoms with van der Waals surface area (Å²) < 4.78 is 1.66. The van der Waals surface area contributed by atoms with Gasteiger partial charge in [-0.3, -0.25) is 4.79 Å². The number of thioether (sulfide) groups is 1. The largest absolute Gasteiger partial charge is 0.348 e. The third-order valence-corrected chi connectivity index (χ3v) is 2.88. The molecule has 0 N–H and O–H groups in total. The third kappa shape index (κ3) is 2.47. The molecule has 1 unspecified atom stereocenters. The second kappa shape index (κ2) is 4.45. The van der Waals surface area contributed by atoms with Crippen LogP contribution in [0.5, 0.6) is 0 Å². The lowest BCUT2D eigenvalue weighted by atomic mass is 10.4. The molecule has 0 spiro atoms. The van der Waals surface area contributed by atoms with Crippen molar-refractivity contribution >= 4 is 17.7 Å². The Balaban J connectivity index is 2.62. The summed E-state index contributed by atoms with van der Waals surface area (Å²) in [4.78, 5) is 17.1. The molecule has 1 heterocycles. The lowest BCUT2D eigenvalue weighted by Crippen LogP contribution is -2.29. The van der Waals surface area contributed by atoms with Gasteiger partial charge >= 0.3 is 0 Å². The number of carbonyl (C=O) groups excluding carboxylic acids is 1. The van der Waals surface area contributed by atoms with Crippen LogP contribution in [-0.4, -0.2) is 44.9 Å². The molecule has 6 heteroatoms. The molecule has 1 rings (SSSR count). The van der Waals surface area contributed by atoms with Crippen LogP contribution in [0.15, 0.2) is 11.5 Å². The van der Waals surface area contributed by atoms with Gasteiger partial charge in [0.2, 0.25) is 5.91 Å². The van der Waals surface area contributed by atoms with E-state index in [2.05, 4.69) is 10.1 Å². The van der Waals surface area contributed by atoms with Crippen LogP contribution in [0.2, 0.25) is 0 Å². The maximum absolute atomic E-state index is 11.5. The van der Waals surface area contributed by atoms with E-state index >= 15 is 0 Å². The fraction of sp³-hybridized carbons (Fsp3) is 0.625. The number of carbonyl (C=O) groups is 1. The number of amides is 1. The average Bonchev–Trinajstić information content (AvgIpc) is 2.50. The number of rotatable bonds is 3. The Morgan fingerprint density at radius 3 is 2.71 bits per heavy atom. The van der Waals surface area contributed by atoms with E-state index in [0.717, 1.165) is 5.16 Å². The summed E-state index contributed by atoms with van der Waals surface area (Å²) in [7, 11) is 5.30. The molecule has 1 aromatic heterocycles. The smallest absolute Gasteiger partial charge is 0.235 e. The number of hydrogen-bond donors (Lipinski definition) is 0. The fourth-order valence-electron chi connectivity index (χ4n) is 0.964. The van der Waals surface area contributed by atoms with Crippen LogP contribution in [0.3, 0.4) is 0 Å². The number of hydrogen-bond acceptors (Lipinski definition) is 4. The first kappa shape index (κ1) is 11.0. The Labute approximate surface area is 87.5 Å². The highest BCUT2D eigenvalue weighted by molar-refractivity contribution is 8.00. The molecule has 0 saturated heterocycles. The van der Waals surface area contributed by atoms with E-state index in [-0.39, 0.29) is 11.2 Å². The third-order valence-electron chi connectivity index (χ3n) is 1.74. The van der Waals surface area contributed by atoms with Crippen LogP contribution in [0.25, 0.3) is 0 Å². The second-order valence-corrected chi connectivity index (χ2v) is 4.47. The van der Waals surface area contributed by atoms with E-state index in [1.165, 1.54) is 18.1 Å². The summed E-state index contributed by atoms with van der Waals surface area (Å²) >= 11 is 1.41. The Bertz CT molecular complexity index is 323. The molecule has 0 fully saturated rings. The first-order valence-corrected chi connectivity index (χ1v) is 5.12. The zero-order chi connectivity index (χ0) is 10.7. The van der Waals surface area contributed by atoms with Crippen molar-refractivity contribution in [2.75, 3.05) is 14.1 Å². The quantitative estimate of drug-likeness (QED) is 0.683. The molecule has 0 radical (unpaired) electrons. The Morgan fingerprint density at radius 2 is 2.29 bits per heavy atom. The van der Waals surface area contributed by atoms with E-state index in [4.69, 9.17) is 0 Å². The molecular weight excluding hydrogens is 200 g/mol. The summed E-state index contributed by atoms with van der Waals surface area (Å²) in [6.45, 7) is 1.86. The first-order valence-electron chi connectivity index (χ1n) is 4.24. The van der Waals surface area contributed by atoms with Gasteiger partial charge in [0.15, 0.2) is 5.16 Å². The monoisotopic (exact) mass is 214 g/mol. The highest BCUT2D eigenvalue weighted by Crippen LogP contribution is 2.20. The molecular formula is C8H14N4OS. The van der Waals surface area contributed by atoms with E-state index in [0.29, 0.717) is 0 Å². The molecule has 0 bridgehead atoms. The van der Waals surface area contributed by atoms with E-state index in [9.17, 15) is 4.79 Å². The number of aryl methyl sites for hydroxylation is 1. The standard InChI is InChI=1S/C8H14N4OS/c1-6(7(13)11(2)3)14-8-9-5-10-12(8)4/h5-6H,1-4H3. The van der Waals surface area contributed by atoms with E-state index in [1.54, 1.807) is 23.7 Å². The normalized spacial score (nSPS) is 12.6. The van der Waals surface area contributed by atoms with Gasteiger partial charge in [-0.05, 0) is 6.92 Å². The van der Waals surface area contributed by atoms with E-state index < -0.39 is 0 Å². The zero-order valence-electron chi connectivity index (χ0n) is 8.76. The van der Waals surface area contributed by atoms with Gasteiger partial charge in [-0.15, -0.1) is 0 Å². The van der Waals surface area contributed by atoms with Crippen molar-refractivity contribution in [3.8, 4) is 0 Å². The predicted molar refractivity (Wildman–Crippen MR) is 55.0 cm³/mol. The van der Waals surface area contributed by atoms with Gasteiger partial charge in [0.25, 0.3) is 0 Å². The minimum atomic E-state index is -0.132. The fourth-order valence-corrected chi connectivity index (χ4v) is 1.90. The maximum atomic E-state index is 11.5. The lowest BCUT2D eigenvalue weighted by molar-refractivity contribution is -0.127. The highest BCUT2D eigenvalue weighted by Gasteiger charge is 2.18. The molecule has 78 valence electrons.